The number of aromatic nitrogens is 3. The minimum atomic E-state index is 0.768. The van der Waals surface area contributed by atoms with Gasteiger partial charge in [0.1, 0.15) is 10.7 Å². The van der Waals surface area contributed by atoms with Crippen molar-refractivity contribution in [2.24, 2.45) is 0 Å². The summed E-state index contributed by atoms with van der Waals surface area (Å²) in [7, 11) is 0. The summed E-state index contributed by atoms with van der Waals surface area (Å²) in [6.07, 6.45) is 4.74. The number of nitrogen functional groups attached to an aromatic ring is 1. The number of hydrogen-bond acceptors (Lipinski definition) is 5. The van der Waals surface area contributed by atoms with Crippen LogP contribution < -0.4 is 5.73 Å². The third kappa shape index (κ3) is 1.34. The number of nitrogens with zero attached hydrogens (tertiary/aromatic N) is 3. The second-order valence-electron chi connectivity index (χ2n) is 3.37. The Morgan fingerprint density at radius 2 is 2.38 bits per heavy atom. The highest BCUT2D eigenvalue weighted by molar-refractivity contribution is 7.16. The molecule has 0 fully saturated rings. The molecule has 0 atom stereocenters. The molecule has 6 heteroatoms. The number of aryl methyl sites for hydroxylation is 1. The summed E-state index contributed by atoms with van der Waals surface area (Å²) in [5.74, 6) is 0. The number of fused-ring (bicyclic) bond motifs is 1. The first-order valence-corrected chi connectivity index (χ1v) is 6.65. The van der Waals surface area contributed by atoms with E-state index in [1.54, 1.807) is 22.7 Å². The predicted molar refractivity (Wildman–Crippen MR) is 68.0 cm³/mol. The van der Waals surface area contributed by atoms with E-state index < -0.39 is 0 Å². The standard InChI is InChI=1S/C10H10N4S2/c1-2-7-13-8(9(11)16-7)6-5-12-10-14(6)3-4-15-10/h3-5H,2,11H2,1H3. The SMILES string of the molecule is CCc1nc(-c2cnc3sccn23)c(N)s1. The van der Waals surface area contributed by atoms with Crippen molar-refractivity contribution in [3.63, 3.8) is 0 Å². The van der Waals surface area contributed by atoms with Gasteiger partial charge in [-0.1, -0.05) is 6.92 Å². The van der Waals surface area contributed by atoms with Gasteiger partial charge < -0.3 is 5.73 Å². The molecule has 0 bridgehead atoms. The fourth-order valence-corrected chi connectivity index (χ4v) is 3.09. The van der Waals surface area contributed by atoms with E-state index in [2.05, 4.69) is 16.9 Å². The fraction of sp³-hybridized carbons (Fsp3) is 0.200. The molecule has 0 aliphatic heterocycles. The highest BCUT2D eigenvalue weighted by Crippen LogP contribution is 2.31. The Kier molecular flexibility index (Phi) is 2.19. The topological polar surface area (TPSA) is 56.2 Å². The molecule has 0 aliphatic carbocycles. The average molecular weight is 250 g/mol. The summed E-state index contributed by atoms with van der Waals surface area (Å²) in [5.41, 5.74) is 7.82. The van der Waals surface area contributed by atoms with Crippen LogP contribution in [0.15, 0.2) is 17.8 Å². The first-order valence-electron chi connectivity index (χ1n) is 4.95. The Labute approximate surface area is 100 Å². The highest BCUT2D eigenvalue weighted by atomic mass is 32.1. The van der Waals surface area contributed by atoms with Gasteiger partial charge in [-0.25, -0.2) is 9.97 Å². The van der Waals surface area contributed by atoms with Gasteiger partial charge in [-0.3, -0.25) is 4.40 Å². The van der Waals surface area contributed by atoms with Crippen molar-refractivity contribution in [3.05, 3.63) is 22.8 Å². The van der Waals surface area contributed by atoms with Crippen molar-refractivity contribution in [1.82, 2.24) is 14.4 Å². The van der Waals surface area contributed by atoms with Crippen LogP contribution in [0.2, 0.25) is 0 Å². The molecular weight excluding hydrogens is 240 g/mol. The fourth-order valence-electron chi connectivity index (χ4n) is 1.62. The van der Waals surface area contributed by atoms with Crippen LogP contribution in [0.5, 0.6) is 0 Å². The molecule has 3 aromatic heterocycles. The second kappa shape index (κ2) is 3.57. The molecule has 82 valence electrons. The zero-order chi connectivity index (χ0) is 11.1. The molecule has 0 aromatic carbocycles. The van der Waals surface area contributed by atoms with Crippen LogP contribution in [0.4, 0.5) is 5.00 Å². The Balaban J connectivity index is 2.22. The number of thiazole rings is 2. The normalized spacial score (nSPS) is 11.3. The lowest BCUT2D eigenvalue weighted by Gasteiger charge is -1.94. The maximum absolute atomic E-state index is 5.99. The Morgan fingerprint density at radius 1 is 1.50 bits per heavy atom. The average Bonchev–Trinajstić information content (AvgIpc) is 2.91. The highest BCUT2D eigenvalue weighted by Gasteiger charge is 2.14. The molecule has 3 aromatic rings. The molecular formula is C10H10N4S2. The van der Waals surface area contributed by atoms with Crippen LogP contribution in [-0.2, 0) is 6.42 Å². The van der Waals surface area contributed by atoms with E-state index in [4.69, 9.17) is 5.73 Å². The Bertz CT molecular complexity index is 634. The van der Waals surface area contributed by atoms with Gasteiger partial charge in [0.25, 0.3) is 0 Å². The van der Waals surface area contributed by atoms with Crippen LogP contribution in [-0.4, -0.2) is 14.4 Å². The Morgan fingerprint density at radius 3 is 3.12 bits per heavy atom. The van der Waals surface area contributed by atoms with Gasteiger partial charge in [0, 0.05) is 11.6 Å². The molecule has 0 amide bonds. The van der Waals surface area contributed by atoms with Crippen molar-refractivity contribution in [1.29, 1.82) is 0 Å². The van der Waals surface area contributed by atoms with Gasteiger partial charge in [0.15, 0.2) is 4.96 Å². The van der Waals surface area contributed by atoms with Crippen molar-refractivity contribution < 1.29 is 0 Å². The Hall–Kier alpha value is -1.40. The van der Waals surface area contributed by atoms with Crippen molar-refractivity contribution in [3.8, 4) is 11.4 Å². The van der Waals surface area contributed by atoms with Crippen LogP contribution in [0.1, 0.15) is 11.9 Å². The van der Waals surface area contributed by atoms with Crippen molar-refractivity contribution >= 4 is 32.6 Å². The van der Waals surface area contributed by atoms with E-state index in [0.29, 0.717) is 0 Å². The first-order chi connectivity index (χ1) is 7.79. The number of nitrogens with two attached hydrogens (primary N) is 1. The molecule has 3 heterocycles. The van der Waals surface area contributed by atoms with E-state index >= 15 is 0 Å². The zero-order valence-corrected chi connectivity index (χ0v) is 10.3. The van der Waals surface area contributed by atoms with Crippen molar-refractivity contribution in [2.45, 2.75) is 13.3 Å². The van der Waals surface area contributed by atoms with E-state index in [0.717, 1.165) is 32.8 Å². The molecule has 0 saturated heterocycles. The minimum Gasteiger partial charge on any atom is -0.389 e. The van der Waals surface area contributed by atoms with Gasteiger partial charge >= 0.3 is 0 Å². The van der Waals surface area contributed by atoms with Crippen LogP contribution in [0.25, 0.3) is 16.3 Å². The molecule has 3 rings (SSSR count). The second-order valence-corrected chi connectivity index (χ2v) is 5.36. The lowest BCUT2D eigenvalue weighted by atomic mass is 10.3. The summed E-state index contributed by atoms with van der Waals surface area (Å²) < 4.78 is 2.02. The third-order valence-electron chi connectivity index (χ3n) is 2.39. The maximum Gasteiger partial charge on any atom is 0.194 e. The molecule has 2 N–H and O–H groups in total. The molecule has 0 radical (unpaired) electrons. The first kappa shape index (κ1) is 9.80. The summed E-state index contributed by atoms with van der Waals surface area (Å²) in [6.45, 7) is 2.08. The van der Waals surface area contributed by atoms with Gasteiger partial charge in [-0.15, -0.1) is 22.7 Å². The number of anilines is 1. The summed E-state index contributed by atoms with van der Waals surface area (Å²) in [6, 6.07) is 0. The molecule has 0 saturated carbocycles. The van der Waals surface area contributed by atoms with Crippen LogP contribution in [0, 0.1) is 0 Å². The van der Waals surface area contributed by atoms with Gasteiger partial charge in [-0.05, 0) is 6.42 Å². The summed E-state index contributed by atoms with van der Waals surface area (Å²) in [5, 5.41) is 3.84. The largest absolute Gasteiger partial charge is 0.389 e. The third-order valence-corrected chi connectivity index (χ3v) is 4.19. The van der Waals surface area contributed by atoms with E-state index in [-0.39, 0.29) is 0 Å². The van der Waals surface area contributed by atoms with Gasteiger partial charge in [0.2, 0.25) is 0 Å². The molecule has 16 heavy (non-hydrogen) atoms. The van der Waals surface area contributed by atoms with Gasteiger partial charge in [-0.2, -0.15) is 0 Å². The molecule has 0 aliphatic rings. The quantitative estimate of drug-likeness (QED) is 0.760. The maximum atomic E-state index is 5.99. The predicted octanol–water partition coefficient (Wildman–Crippen LogP) is 2.66. The van der Waals surface area contributed by atoms with Gasteiger partial charge in [0.05, 0.1) is 16.9 Å². The summed E-state index contributed by atoms with van der Waals surface area (Å²) in [4.78, 5) is 9.83. The monoisotopic (exact) mass is 250 g/mol. The van der Waals surface area contributed by atoms with Crippen LogP contribution in [0.3, 0.4) is 0 Å². The smallest absolute Gasteiger partial charge is 0.194 e. The van der Waals surface area contributed by atoms with E-state index in [1.165, 1.54) is 0 Å². The lowest BCUT2D eigenvalue weighted by molar-refractivity contribution is 1.09. The number of imidazole rings is 1. The molecule has 0 unspecified atom stereocenters. The van der Waals surface area contributed by atoms with E-state index in [9.17, 15) is 0 Å². The molecule has 0 spiro atoms. The number of hydrogen-bond donors (Lipinski definition) is 1. The number of rotatable bonds is 2. The molecule has 4 nitrogen and oxygen atoms in total. The van der Waals surface area contributed by atoms with E-state index in [1.807, 2.05) is 22.2 Å². The lowest BCUT2D eigenvalue weighted by Crippen LogP contribution is -1.89. The minimum absolute atomic E-state index is 0.768. The van der Waals surface area contributed by atoms with Crippen molar-refractivity contribution in [2.75, 3.05) is 5.73 Å². The zero-order valence-electron chi connectivity index (χ0n) is 8.67. The van der Waals surface area contributed by atoms with Crippen LogP contribution >= 0.6 is 22.7 Å². The summed E-state index contributed by atoms with van der Waals surface area (Å²) >= 11 is 3.16.